The lowest BCUT2D eigenvalue weighted by atomic mass is 9.99. The fourth-order valence-electron chi connectivity index (χ4n) is 2.59. The highest BCUT2D eigenvalue weighted by Gasteiger charge is 2.27. The minimum Gasteiger partial charge on any atom is -0.494 e. The Balaban J connectivity index is 2.09. The van der Waals surface area contributed by atoms with E-state index in [1.807, 2.05) is 0 Å². The Morgan fingerprint density at radius 1 is 1.47 bits per heavy atom. The van der Waals surface area contributed by atoms with Gasteiger partial charge in [0.2, 0.25) is 5.88 Å². The molecule has 1 atom stereocenters. The average molecular weight is 247 g/mol. The summed E-state index contributed by atoms with van der Waals surface area (Å²) < 4.78 is 0. The summed E-state index contributed by atoms with van der Waals surface area (Å²) in [5.74, 6) is 0.216. The third-order valence-electron chi connectivity index (χ3n) is 3.35. The first-order chi connectivity index (χ1) is 8.15. The van der Waals surface area contributed by atoms with Crippen molar-refractivity contribution in [2.24, 2.45) is 0 Å². The van der Waals surface area contributed by atoms with Crippen LogP contribution in [0.25, 0.3) is 0 Å². The van der Waals surface area contributed by atoms with Gasteiger partial charge in [-0.25, -0.2) is 0 Å². The fourth-order valence-corrected chi connectivity index (χ4v) is 3.47. The molecule has 88 valence electrons. The number of nitrogens with one attached hydrogen (secondary N) is 1. The molecule has 4 heteroatoms. The molecule has 0 bridgehead atoms. The Morgan fingerprint density at radius 2 is 2.29 bits per heavy atom. The van der Waals surface area contributed by atoms with Gasteiger partial charge in [-0.1, -0.05) is 35.1 Å². The summed E-state index contributed by atoms with van der Waals surface area (Å²) in [7, 11) is 0. The van der Waals surface area contributed by atoms with Crippen molar-refractivity contribution in [3.05, 3.63) is 49.4 Å². The van der Waals surface area contributed by atoms with Crippen LogP contribution in [0.5, 0.6) is 5.88 Å². The van der Waals surface area contributed by atoms with Gasteiger partial charge in [-0.3, -0.25) is 9.78 Å². The van der Waals surface area contributed by atoms with Crippen LogP contribution in [0.4, 0.5) is 0 Å². The molecule has 3 nitrogen and oxygen atoms in total. The zero-order valence-electron chi connectivity index (χ0n) is 9.49. The normalized spacial score (nSPS) is 18.3. The molecular weight excluding hydrogens is 234 g/mol. The van der Waals surface area contributed by atoms with Crippen molar-refractivity contribution in [1.82, 2.24) is 4.98 Å². The maximum absolute atomic E-state index is 11.2. The number of aryl methyl sites for hydroxylation is 2. The summed E-state index contributed by atoms with van der Waals surface area (Å²) in [6, 6.07) is 6.40. The van der Waals surface area contributed by atoms with E-state index < -0.39 is 0 Å². The maximum atomic E-state index is 11.2. The molecule has 1 aliphatic rings. The molecule has 3 rings (SSSR count). The third-order valence-corrected chi connectivity index (χ3v) is 4.33. The minimum absolute atomic E-state index is 0.0402. The number of benzene rings is 1. The van der Waals surface area contributed by atoms with Crippen LogP contribution < -0.4 is 4.87 Å². The largest absolute Gasteiger partial charge is 0.494 e. The van der Waals surface area contributed by atoms with Crippen molar-refractivity contribution < 1.29 is 5.11 Å². The fraction of sp³-hybridized carbons (Fsp3) is 0.308. The second kappa shape index (κ2) is 3.74. The number of aromatic hydroxyl groups is 1. The quantitative estimate of drug-likeness (QED) is 0.813. The Bertz CT molecular complexity index is 627. The second-order valence-corrected chi connectivity index (χ2v) is 5.54. The topological polar surface area (TPSA) is 53.1 Å². The molecule has 0 saturated heterocycles. The highest BCUT2D eigenvalue weighted by atomic mass is 32.1. The molecule has 0 fully saturated rings. The molecule has 17 heavy (non-hydrogen) atoms. The molecule has 0 saturated carbocycles. The highest BCUT2D eigenvalue weighted by Crippen LogP contribution is 2.42. The zero-order chi connectivity index (χ0) is 12.0. The first-order valence-corrected chi connectivity index (χ1v) is 6.48. The van der Waals surface area contributed by atoms with Gasteiger partial charge in [0, 0.05) is 5.92 Å². The summed E-state index contributed by atoms with van der Waals surface area (Å²) in [5.41, 5.74) is 3.85. The molecule has 1 aromatic heterocycles. The van der Waals surface area contributed by atoms with Crippen LogP contribution in [-0.4, -0.2) is 10.1 Å². The van der Waals surface area contributed by atoms with Crippen molar-refractivity contribution in [2.75, 3.05) is 0 Å². The van der Waals surface area contributed by atoms with E-state index in [4.69, 9.17) is 0 Å². The van der Waals surface area contributed by atoms with Gasteiger partial charge in [-0.2, -0.15) is 0 Å². The molecule has 1 heterocycles. The van der Waals surface area contributed by atoms with Gasteiger partial charge >= 0.3 is 4.87 Å². The molecule has 0 amide bonds. The minimum atomic E-state index is -0.182. The smallest absolute Gasteiger partial charge is 0.307 e. The summed E-state index contributed by atoms with van der Waals surface area (Å²) >= 11 is 1.12. The first kappa shape index (κ1) is 10.6. The van der Waals surface area contributed by atoms with E-state index in [2.05, 4.69) is 30.1 Å². The van der Waals surface area contributed by atoms with Gasteiger partial charge in [-0.05, 0) is 30.9 Å². The molecule has 1 unspecified atom stereocenters. The second-order valence-electron chi connectivity index (χ2n) is 4.52. The standard InChI is InChI=1S/C13H13NO2S/c1-7-2-4-9-8(6-7)3-5-10(9)11-12(15)14-13(16)17-11/h2,4,6,10,15H,3,5H2,1H3,(H,14,16). The Labute approximate surface area is 103 Å². The van der Waals surface area contributed by atoms with E-state index in [0.717, 1.165) is 29.1 Å². The van der Waals surface area contributed by atoms with Gasteiger partial charge < -0.3 is 5.11 Å². The van der Waals surface area contributed by atoms with Crippen molar-refractivity contribution in [3.8, 4) is 5.88 Å². The number of thiazole rings is 1. The summed E-state index contributed by atoms with van der Waals surface area (Å²) in [4.78, 5) is 14.3. The SMILES string of the molecule is Cc1ccc2c(c1)CCC2c1sc(=O)[nH]c1O. The third kappa shape index (κ3) is 1.69. The van der Waals surface area contributed by atoms with Crippen LogP contribution in [0.1, 0.15) is 33.9 Å². The predicted molar refractivity (Wildman–Crippen MR) is 67.9 cm³/mol. The molecule has 1 aromatic carbocycles. The zero-order valence-corrected chi connectivity index (χ0v) is 10.3. The highest BCUT2D eigenvalue weighted by molar-refractivity contribution is 7.09. The van der Waals surface area contributed by atoms with E-state index in [9.17, 15) is 9.90 Å². The Morgan fingerprint density at radius 3 is 3.00 bits per heavy atom. The average Bonchev–Trinajstić information content (AvgIpc) is 2.81. The van der Waals surface area contributed by atoms with Crippen molar-refractivity contribution in [1.29, 1.82) is 0 Å². The molecule has 0 aliphatic heterocycles. The summed E-state index contributed by atoms with van der Waals surface area (Å²) in [6.07, 6.45) is 1.99. The van der Waals surface area contributed by atoms with Gasteiger partial charge in [-0.15, -0.1) is 0 Å². The number of fused-ring (bicyclic) bond motifs is 1. The number of hydrogen-bond donors (Lipinski definition) is 2. The van der Waals surface area contributed by atoms with Crippen LogP contribution in [0.15, 0.2) is 23.0 Å². The maximum Gasteiger partial charge on any atom is 0.307 e. The molecule has 2 N–H and O–H groups in total. The van der Waals surface area contributed by atoms with Crippen LogP contribution in [0.3, 0.4) is 0 Å². The molecular formula is C13H13NO2S. The number of H-pyrrole nitrogens is 1. The van der Waals surface area contributed by atoms with Gasteiger partial charge in [0.05, 0.1) is 4.88 Å². The lowest BCUT2D eigenvalue weighted by Gasteiger charge is -2.09. The first-order valence-electron chi connectivity index (χ1n) is 5.66. The van der Waals surface area contributed by atoms with E-state index in [1.165, 1.54) is 16.7 Å². The van der Waals surface area contributed by atoms with E-state index >= 15 is 0 Å². The predicted octanol–water partition coefficient (Wildman–Crippen LogP) is 2.53. The lowest BCUT2D eigenvalue weighted by molar-refractivity contribution is 0.447. The van der Waals surface area contributed by atoms with Crippen molar-refractivity contribution >= 4 is 11.3 Å². The molecule has 0 spiro atoms. The van der Waals surface area contributed by atoms with Gasteiger partial charge in [0.1, 0.15) is 0 Å². The van der Waals surface area contributed by atoms with Crippen molar-refractivity contribution in [3.63, 3.8) is 0 Å². The van der Waals surface area contributed by atoms with E-state index in [-0.39, 0.29) is 16.7 Å². The Kier molecular flexibility index (Phi) is 2.33. The van der Waals surface area contributed by atoms with Gasteiger partial charge in [0.25, 0.3) is 0 Å². The lowest BCUT2D eigenvalue weighted by Crippen LogP contribution is -1.93. The Hall–Kier alpha value is -1.55. The number of aromatic amines is 1. The number of aromatic nitrogens is 1. The number of rotatable bonds is 1. The van der Waals surface area contributed by atoms with E-state index in [0.29, 0.717) is 0 Å². The van der Waals surface area contributed by atoms with Crippen LogP contribution >= 0.6 is 11.3 Å². The monoisotopic (exact) mass is 247 g/mol. The van der Waals surface area contributed by atoms with Crippen LogP contribution in [0.2, 0.25) is 0 Å². The van der Waals surface area contributed by atoms with Gasteiger partial charge in [0.15, 0.2) is 0 Å². The molecule has 2 aromatic rings. The summed E-state index contributed by atoms with van der Waals surface area (Å²) in [6.45, 7) is 2.08. The number of hydrogen-bond acceptors (Lipinski definition) is 3. The van der Waals surface area contributed by atoms with E-state index in [1.54, 1.807) is 0 Å². The summed E-state index contributed by atoms with van der Waals surface area (Å²) in [5, 5.41) is 9.73. The van der Waals surface area contributed by atoms with Crippen LogP contribution in [-0.2, 0) is 6.42 Å². The van der Waals surface area contributed by atoms with Crippen LogP contribution in [0, 0.1) is 6.92 Å². The molecule has 0 radical (unpaired) electrons. The van der Waals surface area contributed by atoms with Crippen molar-refractivity contribution in [2.45, 2.75) is 25.7 Å². The molecule has 1 aliphatic carbocycles.